The number of benzene rings is 1. The highest BCUT2D eigenvalue weighted by atomic mass is 19.4. The van der Waals surface area contributed by atoms with Crippen molar-refractivity contribution in [2.45, 2.75) is 12.7 Å². The highest BCUT2D eigenvalue weighted by Gasteiger charge is 2.31. The molecule has 0 radical (unpaired) electrons. The minimum atomic E-state index is -4.44. The summed E-state index contributed by atoms with van der Waals surface area (Å²) < 4.78 is 37.4. The summed E-state index contributed by atoms with van der Waals surface area (Å²) in [7, 11) is 0. The second kappa shape index (κ2) is 6.09. The molecule has 112 valence electrons. The van der Waals surface area contributed by atoms with Gasteiger partial charge in [-0.25, -0.2) is 0 Å². The number of aliphatic carboxylic acids is 1. The number of carbonyl (C=O) groups is 1. The van der Waals surface area contributed by atoms with E-state index in [1.54, 1.807) is 36.5 Å². The third-order valence-corrected chi connectivity index (χ3v) is 2.84. The summed E-state index contributed by atoms with van der Waals surface area (Å²) in [5.74, 6) is -1.29. The molecule has 0 aliphatic carbocycles. The second-order valence-corrected chi connectivity index (χ2v) is 4.68. The van der Waals surface area contributed by atoms with Crippen LogP contribution in [0.4, 0.5) is 13.2 Å². The molecule has 7 heteroatoms. The summed E-state index contributed by atoms with van der Waals surface area (Å²) in [4.78, 5) is 15.6. The van der Waals surface area contributed by atoms with Crippen LogP contribution in [0.5, 0.6) is 0 Å². The van der Waals surface area contributed by atoms with E-state index in [9.17, 15) is 18.0 Å². The second-order valence-electron chi connectivity index (χ2n) is 4.68. The van der Waals surface area contributed by atoms with Crippen molar-refractivity contribution in [3.63, 3.8) is 0 Å². The molecule has 4 nitrogen and oxygen atoms in total. The molecule has 2 aromatic rings. The fourth-order valence-corrected chi connectivity index (χ4v) is 2.09. The van der Waals surface area contributed by atoms with Gasteiger partial charge >= 0.3 is 12.1 Å². The Labute approximate surface area is 118 Å². The first-order valence-corrected chi connectivity index (χ1v) is 6.18. The molecule has 0 atom stereocenters. The van der Waals surface area contributed by atoms with Gasteiger partial charge in [0.25, 0.3) is 0 Å². The number of fused-ring (bicyclic) bond motifs is 1. The van der Waals surface area contributed by atoms with Crippen LogP contribution in [0, 0.1) is 0 Å². The molecule has 0 aliphatic heterocycles. The lowest BCUT2D eigenvalue weighted by molar-refractivity contribution is -0.154. The molecule has 2 rings (SSSR count). The highest BCUT2D eigenvalue weighted by Crippen LogP contribution is 2.19. The monoisotopic (exact) mass is 298 g/mol. The Morgan fingerprint density at radius 3 is 2.71 bits per heavy atom. The maximum absolute atomic E-state index is 12.5. The Morgan fingerprint density at radius 2 is 2.05 bits per heavy atom. The van der Waals surface area contributed by atoms with Gasteiger partial charge in [-0.2, -0.15) is 13.2 Å². The van der Waals surface area contributed by atoms with Crippen molar-refractivity contribution < 1.29 is 23.1 Å². The van der Waals surface area contributed by atoms with E-state index < -0.39 is 25.2 Å². The largest absolute Gasteiger partial charge is 0.480 e. The topological polar surface area (TPSA) is 53.4 Å². The highest BCUT2D eigenvalue weighted by molar-refractivity contribution is 5.78. The number of carboxylic acids is 1. The average molecular weight is 298 g/mol. The standard InChI is InChI=1S/C14H13F3N2O2/c15-14(16,17)9-19(8-13(20)21)7-10-3-4-12-11(6-10)2-1-5-18-12/h1-6H,7-9H2,(H,20,21). The first kappa shape index (κ1) is 15.2. The van der Waals surface area contributed by atoms with Crippen molar-refractivity contribution in [1.29, 1.82) is 0 Å². The summed E-state index contributed by atoms with van der Waals surface area (Å²) >= 11 is 0. The van der Waals surface area contributed by atoms with Gasteiger partial charge < -0.3 is 5.11 Å². The molecule has 0 aliphatic rings. The quantitative estimate of drug-likeness (QED) is 0.922. The van der Waals surface area contributed by atoms with Gasteiger partial charge in [-0.1, -0.05) is 12.1 Å². The molecule has 1 heterocycles. The lowest BCUT2D eigenvalue weighted by Crippen LogP contribution is -2.37. The van der Waals surface area contributed by atoms with Crippen molar-refractivity contribution >= 4 is 16.9 Å². The molecule has 21 heavy (non-hydrogen) atoms. The smallest absolute Gasteiger partial charge is 0.401 e. The van der Waals surface area contributed by atoms with Crippen LogP contribution in [0.3, 0.4) is 0 Å². The molecule has 0 unspecified atom stereocenters. The van der Waals surface area contributed by atoms with Crippen LogP contribution in [0.25, 0.3) is 10.9 Å². The zero-order valence-corrected chi connectivity index (χ0v) is 11.0. The molecule has 1 aromatic heterocycles. The number of halogens is 3. The summed E-state index contributed by atoms with van der Waals surface area (Å²) in [6.45, 7) is -2.01. The van der Waals surface area contributed by atoms with E-state index in [0.717, 1.165) is 15.8 Å². The molecule has 1 aromatic carbocycles. The van der Waals surface area contributed by atoms with Crippen LogP contribution in [-0.2, 0) is 11.3 Å². The summed E-state index contributed by atoms with van der Waals surface area (Å²) in [5.41, 5.74) is 1.35. The summed E-state index contributed by atoms with van der Waals surface area (Å²) in [5, 5.41) is 9.51. The van der Waals surface area contributed by atoms with Crippen molar-refractivity contribution in [3.05, 3.63) is 42.1 Å². The Hall–Kier alpha value is -2.15. The zero-order chi connectivity index (χ0) is 15.5. The van der Waals surface area contributed by atoms with Gasteiger partial charge in [-0.15, -0.1) is 0 Å². The van der Waals surface area contributed by atoms with Crippen LogP contribution in [0.15, 0.2) is 36.5 Å². The number of pyridine rings is 1. The third-order valence-electron chi connectivity index (χ3n) is 2.84. The first-order valence-electron chi connectivity index (χ1n) is 6.18. The molecule has 0 amide bonds. The van der Waals surface area contributed by atoms with Crippen LogP contribution in [0.2, 0.25) is 0 Å². The van der Waals surface area contributed by atoms with Crippen LogP contribution in [-0.4, -0.2) is 40.2 Å². The van der Waals surface area contributed by atoms with Gasteiger partial charge in [0.1, 0.15) is 0 Å². The SMILES string of the molecule is O=C(O)CN(Cc1ccc2ncccc2c1)CC(F)(F)F. The summed E-state index contributed by atoms with van der Waals surface area (Å²) in [6.07, 6.45) is -2.81. The first-order chi connectivity index (χ1) is 9.83. The van der Waals surface area contributed by atoms with Gasteiger partial charge in [-0.3, -0.25) is 14.7 Å². The maximum Gasteiger partial charge on any atom is 0.401 e. The minimum Gasteiger partial charge on any atom is -0.480 e. The summed E-state index contributed by atoms with van der Waals surface area (Å²) in [6, 6.07) is 8.61. The Balaban J connectivity index is 2.18. The normalized spacial score (nSPS) is 12.0. The predicted octanol–water partition coefficient (Wildman–Crippen LogP) is 2.68. The van der Waals surface area contributed by atoms with Crippen molar-refractivity contribution in [3.8, 4) is 0 Å². The van der Waals surface area contributed by atoms with E-state index >= 15 is 0 Å². The third kappa shape index (κ3) is 4.71. The molecular formula is C14H13F3N2O2. The van der Waals surface area contributed by atoms with E-state index in [2.05, 4.69) is 4.98 Å². The molecule has 0 spiro atoms. The number of carboxylic acid groups (broad SMARTS) is 1. The van der Waals surface area contributed by atoms with E-state index in [-0.39, 0.29) is 6.54 Å². The van der Waals surface area contributed by atoms with Crippen LogP contribution >= 0.6 is 0 Å². The Morgan fingerprint density at radius 1 is 1.29 bits per heavy atom. The van der Waals surface area contributed by atoms with Gasteiger partial charge in [0.05, 0.1) is 18.6 Å². The maximum atomic E-state index is 12.5. The van der Waals surface area contributed by atoms with Gasteiger partial charge in [0.2, 0.25) is 0 Å². The fourth-order valence-electron chi connectivity index (χ4n) is 2.09. The van der Waals surface area contributed by atoms with Gasteiger partial charge in [-0.05, 0) is 23.8 Å². The van der Waals surface area contributed by atoms with Crippen LogP contribution in [0.1, 0.15) is 5.56 Å². The number of alkyl halides is 3. The van der Waals surface area contributed by atoms with E-state index in [4.69, 9.17) is 5.11 Å². The Bertz CT molecular complexity index is 643. The van der Waals surface area contributed by atoms with Crippen molar-refractivity contribution in [2.24, 2.45) is 0 Å². The molecule has 0 fully saturated rings. The lowest BCUT2D eigenvalue weighted by Gasteiger charge is -2.21. The predicted molar refractivity (Wildman–Crippen MR) is 70.7 cm³/mol. The average Bonchev–Trinajstić information content (AvgIpc) is 2.35. The number of hydrogen-bond donors (Lipinski definition) is 1. The Kier molecular flexibility index (Phi) is 4.42. The van der Waals surface area contributed by atoms with Crippen LogP contribution < -0.4 is 0 Å². The number of rotatable bonds is 5. The zero-order valence-electron chi connectivity index (χ0n) is 11.0. The van der Waals surface area contributed by atoms with Gasteiger partial charge in [0.15, 0.2) is 0 Å². The van der Waals surface area contributed by atoms with Crippen molar-refractivity contribution in [1.82, 2.24) is 9.88 Å². The molecule has 1 N–H and O–H groups in total. The molecule has 0 bridgehead atoms. The number of hydrogen-bond acceptors (Lipinski definition) is 3. The molecule has 0 saturated carbocycles. The van der Waals surface area contributed by atoms with Crippen molar-refractivity contribution in [2.75, 3.05) is 13.1 Å². The van der Waals surface area contributed by atoms with E-state index in [0.29, 0.717) is 5.56 Å². The molecule has 0 saturated heterocycles. The minimum absolute atomic E-state index is 0.0867. The molecular weight excluding hydrogens is 285 g/mol. The van der Waals surface area contributed by atoms with Gasteiger partial charge in [0, 0.05) is 18.1 Å². The van der Waals surface area contributed by atoms with E-state index in [1.165, 1.54) is 0 Å². The number of nitrogens with zero attached hydrogens (tertiary/aromatic N) is 2. The number of aromatic nitrogens is 1. The van der Waals surface area contributed by atoms with E-state index in [1.807, 2.05) is 0 Å². The fraction of sp³-hybridized carbons (Fsp3) is 0.286. The lowest BCUT2D eigenvalue weighted by atomic mass is 10.1.